The first-order chi connectivity index (χ1) is 19.8. The van der Waals surface area contributed by atoms with Crippen LogP contribution in [0.4, 0.5) is 11.5 Å². The Hall–Kier alpha value is -2.89. The van der Waals surface area contributed by atoms with Crippen LogP contribution in [-0.4, -0.2) is 34.1 Å². The van der Waals surface area contributed by atoms with Crippen molar-refractivity contribution in [3.8, 4) is 11.1 Å². The smallest absolute Gasteiger partial charge is 0.127 e. The summed E-state index contributed by atoms with van der Waals surface area (Å²) in [6, 6.07) is 14.0. The fourth-order valence-electron chi connectivity index (χ4n) is 7.08. The van der Waals surface area contributed by atoms with Gasteiger partial charge in [0.25, 0.3) is 0 Å². The molecule has 41 heavy (non-hydrogen) atoms. The number of nitrogens with two attached hydrogens (primary N) is 1. The van der Waals surface area contributed by atoms with Crippen LogP contribution in [-0.2, 0) is 13.0 Å². The maximum atomic E-state index is 11.6. The zero-order valence-electron chi connectivity index (χ0n) is 25.7. The number of piperidine rings is 1. The zero-order valence-corrected chi connectivity index (χ0v) is 25.7. The van der Waals surface area contributed by atoms with Gasteiger partial charge in [0.2, 0.25) is 0 Å². The van der Waals surface area contributed by atoms with Crippen LogP contribution < -0.4 is 11.1 Å². The second kappa shape index (κ2) is 13.4. The number of benzene rings is 2. The molecule has 2 heterocycles. The number of hydrogen-bond acceptors (Lipinski definition) is 5. The van der Waals surface area contributed by atoms with Crippen molar-refractivity contribution in [2.45, 2.75) is 111 Å². The van der Waals surface area contributed by atoms with E-state index in [2.05, 4.69) is 72.4 Å². The number of anilines is 2. The van der Waals surface area contributed by atoms with Crippen LogP contribution in [0.25, 0.3) is 11.1 Å². The van der Waals surface area contributed by atoms with Crippen molar-refractivity contribution < 1.29 is 5.11 Å². The van der Waals surface area contributed by atoms with Gasteiger partial charge >= 0.3 is 0 Å². The van der Waals surface area contributed by atoms with Crippen LogP contribution in [0.5, 0.6) is 0 Å². The van der Waals surface area contributed by atoms with Gasteiger partial charge in [-0.05, 0) is 142 Å². The van der Waals surface area contributed by atoms with E-state index in [1.807, 2.05) is 6.92 Å². The van der Waals surface area contributed by atoms with E-state index in [1.54, 1.807) is 0 Å². The van der Waals surface area contributed by atoms with Gasteiger partial charge in [-0.25, -0.2) is 4.98 Å². The van der Waals surface area contributed by atoms with Crippen molar-refractivity contribution in [1.29, 1.82) is 0 Å². The van der Waals surface area contributed by atoms with E-state index in [9.17, 15) is 5.11 Å². The third kappa shape index (κ3) is 7.13. The molecule has 1 saturated carbocycles. The van der Waals surface area contributed by atoms with E-state index in [4.69, 9.17) is 5.73 Å². The Morgan fingerprint density at radius 1 is 0.951 bits per heavy atom. The van der Waals surface area contributed by atoms with Gasteiger partial charge in [-0.3, -0.25) is 4.90 Å². The molecule has 2 fully saturated rings. The van der Waals surface area contributed by atoms with E-state index in [-0.39, 0.29) is 0 Å². The lowest BCUT2D eigenvalue weighted by Crippen LogP contribution is -2.29. The summed E-state index contributed by atoms with van der Waals surface area (Å²) in [5.41, 5.74) is 18.0. The van der Waals surface area contributed by atoms with E-state index in [0.717, 1.165) is 36.2 Å². The number of nitrogens with zero attached hydrogens (tertiary/aromatic N) is 2. The molecule has 1 saturated heterocycles. The second-order valence-electron chi connectivity index (χ2n) is 12.7. The van der Waals surface area contributed by atoms with Gasteiger partial charge in [-0.15, -0.1) is 0 Å². The lowest BCUT2D eigenvalue weighted by Gasteiger charge is -2.27. The van der Waals surface area contributed by atoms with Crippen LogP contribution in [0.1, 0.15) is 103 Å². The summed E-state index contributed by atoms with van der Waals surface area (Å²) in [5, 5.41) is 15.5. The number of aliphatic hydroxyl groups excluding tert-OH is 1. The lowest BCUT2D eigenvalue weighted by atomic mass is 9.88. The molecule has 1 unspecified atom stereocenters. The molecule has 220 valence electrons. The van der Waals surface area contributed by atoms with Crippen LogP contribution in [0.2, 0.25) is 0 Å². The Kier molecular flexibility index (Phi) is 9.67. The Labute approximate surface area is 247 Å². The summed E-state index contributed by atoms with van der Waals surface area (Å²) in [4.78, 5) is 7.04. The molecule has 1 atom stereocenters. The van der Waals surface area contributed by atoms with Crippen LogP contribution in [0.15, 0.2) is 36.4 Å². The maximum absolute atomic E-state index is 11.6. The quantitative estimate of drug-likeness (QED) is 0.237. The monoisotopic (exact) mass is 554 g/mol. The molecule has 0 amide bonds. The first-order valence-corrected chi connectivity index (χ1v) is 15.9. The summed E-state index contributed by atoms with van der Waals surface area (Å²) >= 11 is 0. The molecule has 0 spiro atoms. The van der Waals surface area contributed by atoms with E-state index < -0.39 is 6.10 Å². The van der Waals surface area contributed by atoms with Gasteiger partial charge < -0.3 is 16.2 Å². The topological polar surface area (TPSA) is 74.4 Å². The third-order valence-corrected chi connectivity index (χ3v) is 9.48. The zero-order chi connectivity index (χ0) is 28.9. The number of hydrogen-bond donors (Lipinski definition) is 3. The lowest BCUT2D eigenvalue weighted by molar-refractivity contribution is 0.164. The van der Waals surface area contributed by atoms with Crippen LogP contribution in [0.3, 0.4) is 0 Å². The van der Waals surface area contributed by atoms with Gasteiger partial charge in [-0.2, -0.15) is 0 Å². The minimum atomic E-state index is -0.531. The van der Waals surface area contributed by atoms with Gasteiger partial charge in [0, 0.05) is 24.0 Å². The van der Waals surface area contributed by atoms with Crippen molar-refractivity contribution >= 4 is 11.5 Å². The first kappa shape index (κ1) is 29.6. The highest BCUT2D eigenvalue weighted by Crippen LogP contribution is 2.39. The number of likely N-dealkylation sites (tertiary alicyclic amines) is 1. The minimum Gasteiger partial charge on any atom is -0.388 e. The number of nitrogens with one attached hydrogen (secondary N) is 1. The molecule has 1 aliphatic carbocycles. The number of pyridine rings is 1. The highest BCUT2D eigenvalue weighted by atomic mass is 16.3. The number of rotatable bonds is 10. The fourth-order valence-corrected chi connectivity index (χ4v) is 7.08. The average Bonchev–Trinajstić information content (AvgIpc) is 3.47. The summed E-state index contributed by atoms with van der Waals surface area (Å²) in [7, 11) is 0. The van der Waals surface area contributed by atoms with Gasteiger partial charge in [-0.1, -0.05) is 43.5 Å². The van der Waals surface area contributed by atoms with Crippen molar-refractivity contribution in [1.82, 2.24) is 9.88 Å². The predicted molar refractivity (Wildman–Crippen MR) is 172 cm³/mol. The molecule has 5 nitrogen and oxygen atoms in total. The van der Waals surface area contributed by atoms with Crippen LogP contribution >= 0.6 is 0 Å². The molecule has 4 N–H and O–H groups in total. The second-order valence-corrected chi connectivity index (χ2v) is 12.7. The third-order valence-electron chi connectivity index (χ3n) is 9.48. The van der Waals surface area contributed by atoms with Crippen molar-refractivity contribution in [3.05, 3.63) is 75.5 Å². The minimum absolute atomic E-state index is 0.513. The van der Waals surface area contributed by atoms with Gasteiger partial charge in [0.05, 0.1) is 6.10 Å². The van der Waals surface area contributed by atoms with Crippen molar-refractivity contribution in [2.75, 3.05) is 24.1 Å². The summed E-state index contributed by atoms with van der Waals surface area (Å²) < 4.78 is 0. The highest BCUT2D eigenvalue weighted by molar-refractivity contribution is 5.77. The first-order valence-electron chi connectivity index (χ1n) is 15.9. The van der Waals surface area contributed by atoms with Crippen LogP contribution in [0, 0.1) is 27.7 Å². The number of aryl methyl sites for hydroxylation is 2. The molecule has 1 aromatic heterocycles. The number of aromatic nitrogens is 1. The standard InChI is InChI=1S/C36H50N4O/c1-24-21-25(2)38-36(37)31(24)13-10-14-34(41)33-22-32(26(3)35(27(33)4)39-30-11-6-7-12-30)29-17-15-28(16-18-29)23-40-19-8-5-9-20-40/h15-18,21-22,30,34,39,41H,5-14,19-20,23H2,1-4H3,(H2,37,38). The summed E-state index contributed by atoms with van der Waals surface area (Å²) in [6.07, 6.45) is 10.9. The van der Waals surface area contributed by atoms with Gasteiger partial charge in [0.1, 0.15) is 5.82 Å². The van der Waals surface area contributed by atoms with Crippen molar-refractivity contribution in [2.24, 2.45) is 0 Å². The average molecular weight is 555 g/mol. The number of nitrogen functional groups attached to an aromatic ring is 1. The Balaban J connectivity index is 1.38. The summed E-state index contributed by atoms with van der Waals surface area (Å²) in [6.45, 7) is 12.0. The molecule has 0 radical (unpaired) electrons. The van der Waals surface area contributed by atoms with E-state index >= 15 is 0 Å². The van der Waals surface area contributed by atoms with E-state index in [1.165, 1.54) is 97.1 Å². The van der Waals surface area contributed by atoms with Gasteiger partial charge in [0.15, 0.2) is 0 Å². The molecule has 0 bridgehead atoms. The molecular formula is C36H50N4O. The molecule has 1 aliphatic heterocycles. The SMILES string of the molecule is Cc1cc(C)c(CCCC(O)c2cc(-c3ccc(CN4CCCCC4)cc3)c(C)c(NC3CCCC3)c2C)c(N)n1. The molecule has 2 aromatic carbocycles. The molecule has 5 rings (SSSR count). The largest absolute Gasteiger partial charge is 0.388 e. The van der Waals surface area contributed by atoms with Crippen molar-refractivity contribution in [3.63, 3.8) is 0 Å². The molecule has 5 heteroatoms. The highest BCUT2D eigenvalue weighted by Gasteiger charge is 2.22. The Bertz CT molecular complexity index is 1300. The molecule has 2 aliphatic rings. The Morgan fingerprint density at radius 2 is 1.66 bits per heavy atom. The molecule has 3 aromatic rings. The predicted octanol–water partition coefficient (Wildman–Crippen LogP) is 7.96. The summed E-state index contributed by atoms with van der Waals surface area (Å²) in [5.74, 6) is 0.623. The normalized spacial score (nSPS) is 17.2. The fraction of sp³-hybridized carbons (Fsp3) is 0.528. The molecular weight excluding hydrogens is 504 g/mol. The Morgan fingerprint density at radius 3 is 2.34 bits per heavy atom. The maximum Gasteiger partial charge on any atom is 0.127 e. The van der Waals surface area contributed by atoms with E-state index in [0.29, 0.717) is 18.3 Å². The number of aliphatic hydroxyl groups is 1.